The predicted molar refractivity (Wildman–Crippen MR) is 90.5 cm³/mol. The van der Waals surface area contributed by atoms with E-state index in [0.717, 1.165) is 25.7 Å². The molecule has 1 N–H and O–H groups in total. The minimum absolute atomic E-state index is 0.0882. The number of nitrogens with one attached hydrogen (secondary N) is 1. The maximum absolute atomic E-state index is 12.5. The summed E-state index contributed by atoms with van der Waals surface area (Å²) < 4.78 is 38.8. The summed E-state index contributed by atoms with van der Waals surface area (Å²) in [6, 6.07) is 4.69. The first kappa shape index (κ1) is 18.1. The monoisotopic (exact) mass is 341 g/mol. The first-order valence-electron chi connectivity index (χ1n) is 8.30. The van der Waals surface area contributed by atoms with E-state index in [-0.39, 0.29) is 10.9 Å². The smallest absolute Gasteiger partial charge is 0.240 e. The van der Waals surface area contributed by atoms with Crippen molar-refractivity contribution in [1.82, 2.24) is 4.72 Å². The highest BCUT2D eigenvalue weighted by Crippen LogP contribution is 2.31. The molecular weight excluding hydrogens is 314 g/mol. The molecule has 1 aliphatic heterocycles. The van der Waals surface area contributed by atoms with E-state index in [1.54, 1.807) is 18.2 Å². The first-order chi connectivity index (χ1) is 10.9. The van der Waals surface area contributed by atoms with Crippen LogP contribution in [0.3, 0.4) is 0 Å². The third-order valence-corrected chi connectivity index (χ3v) is 5.39. The lowest BCUT2D eigenvalue weighted by molar-refractivity contribution is 0.297. The molecule has 0 radical (unpaired) electrons. The van der Waals surface area contributed by atoms with Crippen LogP contribution >= 0.6 is 0 Å². The number of hydrogen-bond donors (Lipinski definition) is 1. The quantitative estimate of drug-likeness (QED) is 0.826. The zero-order chi connectivity index (χ0) is 16.9. The van der Waals surface area contributed by atoms with Gasteiger partial charge in [0.1, 0.15) is 0 Å². The lowest BCUT2D eigenvalue weighted by atomic mass is 10.0. The number of rotatable bonds is 7. The van der Waals surface area contributed by atoms with Gasteiger partial charge in [-0.3, -0.25) is 0 Å². The fraction of sp³-hybridized carbons (Fsp3) is 0.647. The maximum atomic E-state index is 12.5. The standard InChI is InChI=1S/C17H27NO4S/c1-13(2)6-4-7-14(3)18-23(19,20)15-8-9-16-17(12-15)22-11-5-10-21-16/h8-9,12-14,18H,4-7,10-11H2,1-3H3. The normalized spacial score (nSPS) is 16.2. The van der Waals surface area contributed by atoms with Crippen LogP contribution in [0, 0.1) is 5.92 Å². The van der Waals surface area contributed by atoms with Crippen molar-refractivity contribution in [2.24, 2.45) is 5.92 Å². The highest BCUT2D eigenvalue weighted by Gasteiger charge is 2.20. The van der Waals surface area contributed by atoms with Crippen LogP contribution in [0.1, 0.15) is 46.5 Å². The average Bonchev–Trinajstić information content (AvgIpc) is 2.70. The Morgan fingerprint density at radius 2 is 1.78 bits per heavy atom. The first-order valence-corrected chi connectivity index (χ1v) is 9.79. The summed E-state index contributed by atoms with van der Waals surface area (Å²) >= 11 is 0. The minimum atomic E-state index is -3.54. The second-order valence-electron chi connectivity index (χ2n) is 6.51. The zero-order valence-corrected chi connectivity index (χ0v) is 15.0. The van der Waals surface area contributed by atoms with Crippen LogP contribution in [-0.2, 0) is 10.0 Å². The predicted octanol–water partition coefficient (Wildman–Crippen LogP) is 3.34. The minimum Gasteiger partial charge on any atom is -0.490 e. The van der Waals surface area contributed by atoms with Crippen molar-refractivity contribution >= 4 is 10.0 Å². The number of hydrogen-bond acceptors (Lipinski definition) is 4. The molecule has 1 aliphatic rings. The lowest BCUT2D eigenvalue weighted by Gasteiger charge is -2.16. The molecule has 0 aromatic heterocycles. The van der Waals surface area contributed by atoms with Crippen LogP contribution in [0.4, 0.5) is 0 Å². The van der Waals surface area contributed by atoms with Crippen molar-refractivity contribution in [3.8, 4) is 11.5 Å². The van der Waals surface area contributed by atoms with Crippen LogP contribution in [0.15, 0.2) is 23.1 Å². The van der Waals surface area contributed by atoms with Gasteiger partial charge < -0.3 is 9.47 Å². The summed E-state index contributed by atoms with van der Waals surface area (Å²) in [7, 11) is -3.54. The van der Waals surface area contributed by atoms with Crippen LogP contribution in [-0.4, -0.2) is 27.7 Å². The van der Waals surface area contributed by atoms with Gasteiger partial charge in [0.15, 0.2) is 11.5 Å². The van der Waals surface area contributed by atoms with Gasteiger partial charge in [-0.2, -0.15) is 0 Å². The van der Waals surface area contributed by atoms with E-state index in [4.69, 9.17) is 9.47 Å². The maximum Gasteiger partial charge on any atom is 0.240 e. The molecule has 0 amide bonds. The zero-order valence-electron chi connectivity index (χ0n) is 14.2. The summed E-state index contributed by atoms with van der Waals surface area (Å²) in [6.45, 7) is 7.37. The Labute approximate surface area is 139 Å². The van der Waals surface area contributed by atoms with Gasteiger partial charge in [-0.1, -0.05) is 26.7 Å². The van der Waals surface area contributed by atoms with E-state index in [2.05, 4.69) is 18.6 Å². The number of sulfonamides is 1. The van der Waals surface area contributed by atoms with Crippen molar-refractivity contribution < 1.29 is 17.9 Å². The van der Waals surface area contributed by atoms with Gasteiger partial charge in [-0.25, -0.2) is 13.1 Å². The molecule has 0 saturated carbocycles. The van der Waals surface area contributed by atoms with Gasteiger partial charge >= 0.3 is 0 Å². The van der Waals surface area contributed by atoms with Gasteiger partial charge in [0.05, 0.1) is 18.1 Å². The Balaban J connectivity index is 2.03. The van der Waals surface area contributed by atoms with Crippen molar-refractivity contribution in [2.45, 2.75) is 57.4 Å². The Kier molecular flexibility index (Phi) is 6.30. The highest BCUT2D eigenvalue weighted by molar-refractivity contribution is 7.89. The Hall–Kier alpha value is -1.27. The summed E-state index contributed by atoms with van der Waals surface area (Å²) in [6.07, 6.45) is 3.75. The second kappa shape index (κ2) is 8.02. The summed E-state index contributed by atoms with van der Waals surface area (Å²) in [5.41, 5.74) is 0. The van der Waals surface area contributed by atoms with E-state index in [9.17, 15) is 8.42 Å². The highest BCUT2D eigenvalue weighted by atomic mass is 32.2. The van der Waals surface area contributed by atoms with Crippen LogP contribution in [0.2, 0.25) is 0 Å². The summed E-state index contributed by atoms with van der Waals surface area (Å²) in [5.74, 6) is 1.74. The molecule has 0 spiro atoms. The Bertz CT molecular complexity index is 613. The largest absolute Gasteiger partial charge is 0.490 e. The lowest BCUT2D eigenvalue weighted by Crippen LogP contribution is -2.32. The second-order valence-corrected chi connectivity index (χ2v) is 8.22. The molecule has 1 unspecified atom stereocenters. The molecule has 130 valence electrons. The molecule has 0 bridgehead atoms. The number of benzene rings is 1. The fourth-order valence-electron chi connectivity index (χ4n) is 2.53. The molecule has 1 aromatic carbocycles. The molecule has 0 fully saturated rings. The van der Waals surface area contributed by atoms with Crippen molar-refractivity contribution in [3.05, 3.63) is 18.2 Å². The molecule has 5 nitrogen and oxygen atoms in total. The van der Waals surface area contributed by atoms with Crippen molar-refractivity contribution in [1.29, 1.82) is 0 Å². The van der Waals surface area contributed by atoms with Crippen LogP contribution in [0.25, 0.3) is 0 Å². The van der Waals surface area contributed by atoms with E-state index >= 15 is 0 Å². The van der Waals surface area contributed by atoms with Crippen molar-refractivity contribution in [3.63, 3.8) is 0 Å². The van der Waals surface area contributed by atoms with E-state index < -0.39 is 10.0 Å². The van der Waals surface area contributed by atoms with Crippen molar-refractivity contribution in [2.75, 3.05) is 13.2 Å². The molecule has 6 heteroatoms. The van der Waals surface area contributed by atoms with E-state index in [1.165, 1.54) is 0 Å². The number of ether oxygens (including phenoxy) is 2. The molecule has 23 heavy (non-hydrogen) atoms. The Morgan fingerprint density at radius 1 is 1.09 bits per heavy atom. The molecule has 1 atom stereocenters. The topological polar surface area (TPSA) is 64.6 Å². The molecule has 2 rings (SSSR count). The van der Waals surface area contributed by atoms with E-state index in [0.29, 0.717) is 30.6 Å². The van der Waals surface area contributed by atoms with Gasteiger partial charge in [-0.15, -0.1) is 0 Å². The third kappa shape index (κ3) is 5.39. The fourth-order valence-corrected chi connectivity index (χ4v) is 3.83. The van der Waals surface area contributed by atoms with Gasteiger partial charge in [-0.05, 0) is 31.4 Å². The molecule has 1 aromatic rings. The molecule has 0 saturated heterocycles. The molecule has 0 aliphatic carbocycles. The third-order valence-electron chi connectivity index (χ3n) is 3.80. The van der Waals surface area contributed by atoms with Gasteiger partial charge in [0.2, 0.25) is 10.0 Å². The van der Waals surface area contributed by atoms with E-state index in [1.807, 2.05) is 6.92 Å². The van der Waals surface area contributed by atoms with Gasteiger partial charge in [0.25, 0.3) is 0 Å². The van der Waals surface area contributed by atoms with Crippen LogP contribution < -0.4 is 14.2 Å². The Morgan fingerprint density at radius 3 is 2.48 bits per heavy atom. The van der Waals surface area contributed by atoms with Crippen LogP contribution in [0.5, 0.6) is 11.5 Å². The SMILES string of the molecule is CC(C)CCCC(C)NS(=O)(=O)c1ccc2c(c1)OCCCO2. The average molecular weight is 341 g/mol. The molecule has 1 heterocycles. The number of fused-ring (bicyclic) bond motifs is 1. The van der Waals surface area contributed by atoms with Gasteiger partial charge in [0, 0.05) is 18.5 Å². The summed E-state index contributed by atoms with van der Waals surface area (Å²) in [5, 5.41) is 0. The molecular formula is C17H27NO4S. The summed E-state index contributed by atoms with van der Waals surface area (Å²) in [4.78, 5) is 0.220.